The molecular weight excluding hydrogens is 290 g/mol. The summed E-state index contributed by atoms with van der Waals surface area (Å²) in [6, 6.07) is 0.376. The molecule has 0 saturated carbocycles. The molecule has 2 heterocycles. The molecule has 2 atom stereocenters. The molecule has 6 nitrogen and oxygen atoms in total. The van der Waals surface area contributed by atoms with Crippen LogP contribution in [0.4, 0.5) is 4.79 Å². The normalized spacial score (nSPS) is 28.3. The zero-order valence-corrected chi connectivity index (χ0v) is 13.6. The van der Waals surface area contributed by atoms with Gasteiger partial charge >= 0.3 is 12.0 Å². The molecule has 2 fully saturated rings. The van der Waals surface area contributed by atoms with E-state index in [0.29, 0.717) is 18.3 Å². The van der Waals surface area contributed by atoms with E-state index in [-0.39, 0.29) is 18.6 Å². The van der Waals surface area contributed by atoms with E-state index in [9.17, 15) is 9.59 Å². The van der Waals surface area contributed by atoms with Crippen LogP contribution < -0.4 is 0 Å². The molecule has 0 aromatic heterocycles. The summed E-state index contributed by atoms with van der Waals surface area (Å²) >= 11 is 1.92. The fourth-order valence-corrected chi connectivity index (χ4v) is 4.00. The van der Waals surface area contributed by atoms with Gasteiger partial charge in [0, 0.05) is 49.8 Å². The topological polar surface area (TPSA) is 64.1 Å². The average molecular weight is 315 g/mol. The number of rotatable bonds is 2. The van der Waals surface area contributed by atoms with Crippen LogP contribution in [0.2, 0.25) is 0 Å². The van der Waals surface area contributed by atoms with Crippen LogP contribution in [0.15, 0.2) is 0 Å². The number of aliphatic carboxylic acids is 1. The number of hydrogen-bond donors (Lipinski definition) is 1. The monoisotopic (exact) mass is 315 g/mol. The quantitative estimate of drug-likeness (QED) is 0.824. The van der Waals surface area contributed by atoms with Gasteiger partial charge in [0.1, 0.15) is 0 Å². The molecule has 0 aromatic carbocycles. The van der Waals surface area contributed by atoms with Crippen LogP contribution in [-0.2, 0) is 4.79 Å². The minimum atomic E-state index is -0.801. The molecule has 2 amide bonds. The van der Waals surface area contributed by atoms with Crippen LogP contribution in [-0.4, -0.2) is 88.1 Å². The number of amides is 2. The molecule has 21 heavy (non-hydrogen) atoms. The van der Waals surface area contributed by atoms with Gasteiger partial charge in [0.2, 0.25) is 0 Å². The molecule has 7 heteroatoms. The first kappa shape index (κ1) is 16.4. The number of thioether (sulfide) groups is 1. The van der Waals surface area contributed by atoms with Gasteiger partial charge in [-0.1, -0.05) is 6.92 Å². The number of carboxylic acid groups (broad SMARTS) is 1. The van der Waals surface area contributed by atoms with Gasteiger partial charge < -0.3 is 14.9 Å². The number of nitrogens with zero attached hydrogens (tertiary/aromatic N) is 3. The summed E-state index contributed by atoms with van der Waals surface area (Å²) in [5, 5.41) is 9.34. The van der Waals surface area contributed by atoms with Crippen molar-refractivity contribution >= 4 is 23.8 Å². The third kappa shape index (κ3) is 4.26. The first-order valence-corrected chi connectivity index (χ1v) is 8.65. The van der Waals surface area contributed by atoms with Gasteiger partial charge in [-0.2, -0.15) is 11.8 Å². The molecule has 2 aliphatic heterocycles. The fourth-order valence-electron chi connectivity index (χ4n) is 2.90. The Morgan fingerprint density at radius 3 is 2.62 bits per heavy atom. The Balaban J connectivity index is 1.92. The lowest BCUT2D eigenvalue weighted by molar-refractivity contribution is -0.138. The van der Waals surface area contributed by atoms with Crippen LogP contribution in [0.5, 0.6) is 0 Å². The first-order valence-electron chi connectivity index (χ1n) is 7.60. The van der Waals surface area contributed by atoms with Crippen LogP contribution in [0.3, 0.4) is 0 Å². The molecule has 2 aliphatic rings. The summed E-state index contributed by atoms with van der Waals surface area (Å²) in [5.74, 6) is 0.196. The van der Waals surface area contributed by atoms with Crippen molar-refractivity contribution in [2.24, 2.45) is 0 Å². The Morgan fingerprint density at radius 1 is 1.14 bits per heavy atom. The lowest BCUT2D eigenvalue weighted by Crippen LogP contribution is -2.53. The van der Waals surface area contributed by atoms with Crippen molar-refractivity contribution < 1.29 is 14.7 Å². The van der Waals surface area contributed by atoms with Crippen LogP contribution >= 0.6 is 11.8 Å². The number of urea groups is 1. The Hall–Kier alpha value is -0.950. The number of hydrogen-bond acceptors (Lipinski definition) is 4. The van der Waals surface area contributed by atoms with Gasteiger partial charge in [-0.05, 0) is 13.3 Å². The van der Waals surface area contributed by atoms with E-state index >= 15 is 0 Å². The third-order valence-electron chi connectivity index (χ3n) is 4.35. The lowest BCUT2D eigenvalue weighted by atomic mass is 10.2. The van der Waals surface area contributed by atoms with E-state index in [0.717, 1.165) is 31.8 Å². The molecule has 0 spiro atoms. The van der Waals surface area contributed by atoms with Gasteiger partial charge in [-0.3, -0.25) is 9.69 Å². The van der Waals surface area contributed by atoms with E-state index in [1.807, 2.05) is 26.5 Å². The van der Waals surface area contributed by atoms with E-state index in [2.05, 4.69) is 13.8 Å². The Bertz CT molecular complexity index is 394. The van der Waals surface area contributed by atoms with Crippen LogP contribution in [0.25, 0.3) is 0 Å². The second-order valence-corrected chi connectivity index (χ2v) is 7.29. The standard InChI is InChI=1S/C14H25N3O3S/c1-11-12(2)21-9-8-17(11)14(20)16-5-3-4-15(6-7-16)10-13(18)19/h11-12H,3-10H2,1-2H3,(H,18,19). The highest BCUT2D eigenvalue weighted by atomic mass is 32.2. The highest BCUT2D eigenvalue weighted by Crippen LogP contribution is 2.25. The Labute approximate surface area is 130 Å². The molecule has 0 aliphatic carbocycles. The second kappa shape index (κ2) is 7.35. The van der Waals surface area contributed by atoms with Crippen LogP contribution in [0.1, 0.15) is 20.3 Å². The van der Waals surface area contributed by atoms with E-state index < -0.39 is 5.97 Å². The van der Waals surface area contributed by atoms with Crippen molar-refractivity contribution in [3.63, 3.8) is 0 Å². The zero-order valence-electron chi connectivity index (χ0n) is 12.8. The van der Waals surface area contributed by atoms with Crippen LogP contribution in [0, 0.1) is 0 Å². The zero-order chi connectivity index (χ0) is 15.4. The average Bonchev–Trinajstić information content (AvgIpc) is 2.66. The summed E-state index contributed by atoms with van der Waals surface area (Å²) in [6.07, 6.45) is 0.839. The fraction of sp³-hybridized carbons (Fsp3) is 0.857. The second-order valence-electron chi connectivity index (χ2n) is 5.80. The van der Waals surface area contributed by atoms with Gasteiger partial charge in [0.25, 0.3) is 0 Å². The molecule has 120 valence electrons. The van der Waals surface area contributed by atoms with Gasteiger partial charge in [0.15, 0.2) is 0 Å². The highest BCUT2D eigenvalue weighted by molar-refractivity contribution is 8.00. The molecule has 2 rings (SSSR count). The SMILES string of the molecule is CC1SCCN(C(=O)N2CCCN(CC(=O)O)CC2)C1C. The smallest absolute Gasteiger partial charge is 0.320 e. The predicted octanol–water partition coefficient (Wildman–Crippen LogP) is 1.02. The third-order valence-corrected chi connectivity index (χ3v) is 5.69. The van der Waals surface area contributed by atoms with Crippen molar-refractivity contribution in [1.82, 2.24) is 14.7 Å². The van der Waals surface area contributed by atoms with E-state index in [4.69, 9.17) is 5.11 Å². The minimum absolute atomic E-state index is 0.0653. The maximum atomic E-state index is 12.7. The maximum absolute atomic E-state index is 12.7. The Morgan fingerprint density at radius 2 is 1.90 bits per heavy atom. The predicted molar refractivity (Wildman–Crippen MR) is 83.7 cm³/mol. The van der Waals surface area contributed by atoms with Gasteiger partial charge in [-0.15, -0.1) is 0 Å². The van der Waals surface area contributed by atoms with Gasteiger partial charge in [-0.25, -0.2) is 4.79 Å². The highest BCUT2D eigenvalue weighted by Gasteiger charge is 2.32. The molecule has 2 unspecified atom stereocenters. The van der Waals surface area contributed by atoms with E-state index in [1.54, 1.807) is 0 Å². The molecule has 0 radical (unpaired) electrons. The lowest BCUT2D eigenvalue weighted by Gasteiger charge is -2.40. The Kier molecular flexibility index (Phi) is 5.75. The summed E-state index contributed by atoms with van der Waals surface area (Å²) < 4.78 is 0. The molecular formula is C14H25N3O3S. The molecule has 1 N–H and O–H groups in total. The molecule has 2 saturated heterocycles. The van der Waals surface area contributed by atoms with Crippen molar-refractivity contribution in [3.8, 4) is 0 Å². The first-order chi connectivity index (χ1) is 9.99. The molecule has 0 aromatic rings. The number of carbonyl (C=O) groups is 2. The maximum Gasteiger partial charge on any atom is 0.320 e. The van der Waals surface area contributed by atoms with Crippen molar-refractivity contribution in [1.29, 1.82) is 0 Å². The van der Waals surface area contributed by atoms with Crippen molar-refractivity contribution in [2.45, 2.75) is 31.6 Å². The largest absolute Gasteiger partial charge is 0.480 e. The van der Waals surface area contributed by atoms with E-state index in [1.165, 1.54) is 0 Å². The minimum Gasteiger partial charge on any atom is -0.480 e. The summed E-state index contributed by atoms with van der Waals surface area (Å²) in [7, 11) is 0. The molecule has 0 bridgehead atoms. The van der Waals surface area contributed by atoms with Crippen molar-refractivity contribution in [3.05, 3.63) is 0 Å². The van der Waals surface area contributed by atoms with Gasteiger partial charge in [0.05, 0.1) is 6.54 Å². The summed E-state index contributed by atoms with van der Waals surface area (Å²) in [4.78, 5) is 29.3. The summed E-state index contributed by atoms with van der Waals surface area (Å²) in [6.45, 7) is 7.90. The number of carbonyl (C=O) groups excluding carboxylic acids is 1. The number of carboxylic acids is 1. The summed E-state index contributed by atoms with van der Waals surface area (Å²) in [5.41, 5.74) is 0. The van der Waals surface area contributed by atoms with Crippen molar-refractivity contribution in [2.75, 3.05) is 45.0 Å².